The third kappa shape index (κ3) is 1.33. The van der Waals surface area contributed by atoms with E-state index in [9.17, 15) is 0 Å². The molecular formula is C9H10N4O. The summed E-state index contributed by atoms with van der Waals surface area (Å²) >= 11 is 0. The van der Waals surface area contributed by atoms with Gasteiger partial charge in [-0.25, -0.2) is 0 Å². The molecule has 5 heteroatoms. The van der Waals surface area contributed by atoms with Gasteiger partial charge < -0.3 is 10.8 Å². The van der Waals surface area contributed by atoms with E-state index in [2.05, 4.69) is 15.2 Å². The number of nitrogen functional groups attached to an aromatic ring is 1. The van der Waals surface area contributed by atoms with Gasteiger partial charge in [0.25, 0.3) is 0 Å². The molecule has 0 aliphatic rings. The van der Waals surface area contributed by atoms with Crippen molar-refractivity contribution >= 4 is 5.82 Å². The zero-order chi connectivity index (χ0) is 9.97. The fourth-order valence-electron chi connectivity index (χ4n) is 1.30. The molecule has 0 unspecified atom stereocenters. The van der Waals surface area contributed by atoms with Crippen molar-refractivity contribution in [3.05, 3.63) is 30.1 Å². The Balaban J connectivity index is 2.52. The standard InChI is InChI=1S/C9H10N4O/c10-9-7(5-14)8(12-13-9)6-1-3-11-4-2-6/h1-4,14H,5H2,(H3,10,12,13). The SMILES string of the molecule is Nc1n[nH]c(-c2ccncc2)c1CO. The van der Waals surface area contributed by atoms with Gasteiger partial charge in [-0.1, -0.05) is 0 Å². The molecule has 4 N–H and O–H groups in total. The van der Waals surface area contributed by atoms with Crippen LogP contribution in [0.4, 0.5) is 5.82 Å². The lowest BCUT2D eigenvalue weighted by molar-refractivity contribution is 0.283. The molecule has 0 aromatic carbocycles. The highest BCUT2D eigenvalue weighted by atomic mass is 16.3. The maximum atomic E-state index is 9.09. The molecular weight excluding hydrogens is 180 g/mol. The Morgan fingerprint density at radius 2 is 2.07 bits per heavy atom. The summed E-state index contributed by atoms with van der Waals surface area (Å²) in [7, 11) is 0. The topological polar surface area (TPSA) is 87.8 Å². The molecule has 0 saturated heterocycles. The second kappa shape index (κ2) is 3.47. The molecule has 0 radical (unpaired) electrons. The molecule has 0 fully saturated rings. The smallest absolute Gasteiger partial charge is 0.151 e. The Morgan fingerprint density at radius 1 is 1.36 bits per heavy atom. The quantitative estimate of drug-likeness (QED) is 0.645. The highest BCUT2D eigenvalue weighted by molar-refractivity contribution is 5.67. The maximum Gasteiger partial charge on any atom is 0.151 e. The van der Waals surface area contributed by atoms with Crippen LogP contribution in [-0.4, -0.2) is 20.3 Å². The Bertz CT molecular complexity index is 424. The molecule has 2 heterocycles. The first-order valence-electron chi connectivity index (χ1n) is 4.17. The zero-order valence-corrected chi connectivity index (χ0v) is 7.44. The van der Waals surface area contributed by atoms with Crippen LogP contribution in [0.3, 0.4) is 0 Å². The van der Waals surface area contributed by atoms with Crippen LogP contribution >= 0.6 is 0 Å². The Labute approximate surface area is 80.6 Å². The van der Waals surface area contributed by atoms with Gasteiger partial charge in [0.2, 0.25) is 0 Å². The van der Waals surface area contributed by atoms with Gasteiger partial charge in [0.1, 0.15) is 0 Å². The van der Waals surface area contributed by atoms with Gasteiger partial charge >= 0.3 is 0 Å². The third-order valence-corrected chi connectivity index (χ3v) is 2.03. The number of rotatable bonds is 2. The van der Waals surface area contributed by atoms with Crippen molar-refractivity contribution in [3.63, 3.8) is 0 Å². The van der Waals surface area contributed by atoms with E-state index < -0.39 is 0 Å². The van der Waals surface area contributed by atoms with Gasteiger partial charge in [-0.3, -0.25) is 10.1 Å². The fraction of sp³-hybridized carbons (Fsp3) is 0.111. The van der Waals surface area contributed by atoms with Crippen LogP contribution in [0, 0.1) is 0 Å². The first kappa shape index (κ1) is 8.71. The molecule has 2 aromatic rings. The Morgan fingerprint density at radius 3 is 2.71 bits per heavy atom. The highest BCUT2D eigenvalue weighted by Gasteiger charge is 2.10. The van der Waals surface area contributed by atoms with Crippen LogP contribution in [0.2, 0.25) is 0 Å². The van der Waals surface area contributed by atoms with E-state index in [1.165, 1.54) is 0 Å². The highest BCUT2D eigenvalue weighted by Crippen LogP contribution is 2.24. The van der Waals surface area contributed by atoms with Gasteiger partial charge in [-0.2, -0.15) is 5.10 Å². The number of nitrogens with two attached hydrogens (primary N) is 1. The molecule has 0 saturated carbocycles. The number of aliphatic hydroxyl groups is 1. The van der Waals surface area contributed by atoms with Crippen molar-refractivity contribution in [3.8, 4) is 11.3 Å². The summed E-state index contributed by atoms with van der Waals surface area (Å²) < 4.78 is 0. The molecule has 0 aliphatic heterocycles. The second-order valence-corrected chi connectivity index (χ2v) is 2.86. The number of nitrogens with one attached hydrogen (secondary N) is 1. The van der Waals surface area contributed by atoms with Crippen molar-refractivity contribution in [1.29, 1.82) is 0 Å². The molecule has 72 valence electrons. The Hall–Kier alpha value is -1.88. The van der Waals surface area contributed by atoms with E-state index in [0.717, 1.165) is 11.3 Å². The molecule has 5 nitrogen and oxygen atoms in total. The monoisotopic (exact) mass is 190 g/mol. The number of aliphatic hydroxyl groups excluding tert-OH is 1. The van der Waals surface area contributed by atoms with Crippen LogP contribution in [0.25, 0.3) is 11.3 Å². The first-order chi connectivity index (χ1) is 6.83. The number of anilines is 1. The summed E-state index contributed by atoms with van der Waals surface area (Å²) in [4.78, 5) is 3.91. The fourth-order valence-corrected chi connectivity index (χ4v) is 1.30. The maximum absolute atomic E-state index is 9.09. The van der Waals surface area contributed by atoms with Crippen LogP contribution in [0.5, 0.6) is 0 Å². The van der Waals surface area contributed by atoms with E-state index in [4.69, 9.17) is 10.8 Å². The number of H-pyrrole nitrogens is 1. The molecule has 0 atom stereocenters. The zero-order valence-electron chi connectivity index (χ0n) is 7.44. The predicted octanol–water partition coefficient (Wildman–Crippen LogP) is 0.546. The van der Waals surface area contributed by atoms with E-state index in [1.54, 1.807) is 12.4 Å². The minimum Gasteiger partial charge on any atom is -0.391 e. The summed E-state index contributed by atoms with van der Waals surface area (Å²) in [6, 6.07) is 3.65. The number of pyridine rings is 1. The number of nitrogens with zero attached hydrogens (tertiary/aromatic N) is 2. The van der Waals surface area contributed by atoms with E-state index in [-0.39, 0.29) is 6.61 Å². The second-order valence-electron chi connectivity index (χ2n) is 2.86. The predicted molar refractivity (Wildman–Crippen MR) is 52.2 cm³/mol. The van der Waals surface area contributed by atoms with Crippen molar-refractivity contribution in [2.24, 2.45) is 0 Å². The molecule has 14 heavy (non-hydrogen) atoms. The summed E-state index contributed by atoms with van der Waals surface area (Å²) in [5, 5.41) is 15.7. The molecule has 2 aromatic heterocycles. The number of aromatic nitrogens is 3. The lowest BCUT2D eigenvalue weighted by atomic mass is 10.1. The largest absolute Gasteiger partial charge is 0.391 e. The summed E-state index contributed by atoms with van der Waals surface area (Å²) in [5.74, 6) is 0.333. The van der Waals surface area contributed by atoms with Crippen LogP contribution in [-0.2, 0) is 6.61 Å². The lowest BCUT2D eigenvalue weighted by Gasteiger charge is -1.99. The number of aromatic amines is 1. The van der Waals surface area contributed by atoms with Gasteiger partial charge in [0.15, 0.2) is 5.82 Å². The van der Waals surface area contributed by atoms with Gasteiger partial charge in [0.05, 0.1) is 12.3 Å². The molecule has 0 bridgehead atoms. The molecule has 0 spiro atoms. The lowest BCUT2D eigenvalue weighted by Crippen LogP contribution is -1.92. The minimum absolute atomic E-state index is 0.125. The summed E-state index contributed by atoms with van der Waals surface area (Å²) in [5.41, 5.74) is 7.85. The average Bonchev–Trinajstić information content (AvgIpc) is 2.61. The molecule has 2 rings (SSSR count). The van der Waals surface area contributed by atoms with Gasteiger partial charge in [-0.15, -0.1) is 0 Å². The minimum atomic E-state index is -0.125. The van der Waals surface area contributed by atoms with Crippen molar-refractivity contribution in [1.82, 2.24) is 15.2 Å². The normalized spacial score (nSPS) is 10.4. The van der Waals surface area contributed by atoms with Gasteiger partial charge in [-0.05, 0) is 12.1 Å². The average molecular weight is 190 g/mol. The number of hydrogen-bond acceptors (Lipinski definition) is 4. The van der Waals surface area contributed by atoms with Crippen LogP contribution < -0.4 is 5.73 Å². The van der Waals surface area contributed by atoms with E-state index in [1.807, 2.05) is 12.1 Å². The van der Waals surface area contributed by atoms with Crippen LogP contribution in [0.1, 0.15) is 5.56 Å². The van der Waals surface area contributed by atoms with Crippen molar-refractivity contribution in [2.75, 3.05) is 5.73 Å². The van der Waals surface area contributed by atoms with Crippen molar-refractivity contribution in [2.45, 2.75) is 6.61 Å². The summed E-state index contributed by atoms with van der Waals surface area (Å²) in [6.45, 7) is -0.125. The first-order valence-corrected chi connectivity index (χ1v) is 4.17. The summed E-state index contributed by atoms with van der Waals surface area (Å²) in [6.07, 6.45) is 3.35. The van der Waals surface area contributed by atoms with E-state index >= 15 is 0 Å². The van der Waals surface area contributed by atoms with Gasteiger partial charge in [0, 0.05) is 23.5 Å². The number of hydrogen-bond donors (Lipinski definition) is 3. The van der Waals surface area contributed by atoms with Crippen LogP contribution in [0.15, 0.2) is 24.5 Å². The van der Waals surface area contributed by atoms with E-state index in [0.29, 0.717) is 11.4 Å². The third-order valence-electron chi connectivity index (χ3n) is 2.03. The molecule has 0 amide bonds. The van der Waals surface area contributed by atoms with Crippen molar-refractivity contribution < 1.29 is 5.11 Å². The Kier molecular flexibility index (Phi) is 2.16. The molecule has 0 aliphatic carbocycles.